The van der Waals surface area contributed by atoms with Crippen LogP contribution < -0.4 is 9.47 Å². The molecule has 6 heteroatoms. The second-order valence-electron chi connectivity index (χ2n) is 3.53. The third kappa shape index (κ3) is 3.10. The number of methoxy groups -OCH3 is 2. The Morgan fingerprint density at radius 1 is 1.24 bits per heavy atom. The number of benzene rings is 1. The monoisotopic (exact) mass is 260 g/mol. The Labute approximate surface area is 101 Å². The van der Waals surface area contributed by atoms with Gasteiger partial charge in [0.05, 0.1) is 14.2 Å². The molecule has 1 aromatic carbocycles. The van der Waals surface area contributed by atoms with E-state index in [1.807, 2.05) is 0 Å². The van der Waals surface area contributed by atoms with Crippen molar-refractivity contribution in [3.8, 4) is 11.5 Å². The van der Waals surface area contributed by atoms with Crippen LogP contribution in [0.25, 0.3) is 0 Å². The lowest BCUT2D eigenvalue weighted by Crippen LogP contribution is -2.11. The first-order valence-electron chi connectivity index (χ1n) is 5.12. The molecule has 0 radical (unpaired) electrons. The van der Waals surface area contributed by atoms with E-state index in [2.05, 4.69) is 0 Å². The zero-order valence-corrected chi connectivity index (χ0v) is 10.8. The van der Waals surface area contributed by atoms with Gasteiger partial charge < -0.3 is 9.47 Å². The molecular formula is C11H16O5S. The molecule has 0 saturated carbocycles. The van der Waals surface area contributed by atoms with Gasteiger partial charge in [0.25, 0.3) is 10.1 Å². The van der Waals surface area contributed by atoms with E-state index in [1.54, 1.807) is 25.1 Å². The van der Waals surface area contributed by atoms with Gasteiger partial charge in [0.1, 0.15) is 5.25 Å². The largest absolute Gasteiger partial charge is 0.493 e. The molecule has 1 rings (SSSR count). The van der Waals surface area contributed by atoms with Crippen LogP contribution in [-0.2, 0) is 10.1 Å². The summed E-state index contributed by atoms with van der Waals surface area (Å²) in [5.74, 6) is 0.952. The Hall–Kier alpha value is -1.27. The van der Waals surface area contributed by atoms with Crippen LogP contribution in [0.15, 0.2) is 18.2 Å². The molecule has 1 unspecified atom stereocenters. The predicted molar refractivity (Wildman–Crippen MR) is 64.1 cm³/mol. The van der Waals surface area contributed by atoms with Crippen molar-refractivity contribution in [2.24, 2.45) is 0 Å². The molecule has 1 aromatic rings. The van der Waals surface area contributed by atoms with Crippen LogP contribution in [0.3, 0.4) is 0 Å². The Balaban J connectivity index is 3.23. The van der Waals surface area contributed by atoms with Gasteiger partial charge in [-0.3, -0.25) is 4.55 Å². The highest BCUT2D eigenvalue weighted by Crippen LogP contribution is 2.33. The number of rotatable bonds is 5. The zero-order valence-electron chi connectivity index (χ0n) is 10.0. The van der Waals surface area contributed by atoms with Gasteiger partial charge in [0.2, 0.25) is 0 Å². The normalized spacial score (nSPS) is 13.2. The molecule has 0 bridgehead atoms. The average molecular weight is 260 g/mol. The highest BCUT2D eigenvalue weighted by molar-refractivity contribution is 7.86. The third-order valence-corrected chi connectivity index (χ3v) is 3.83. The maximum atomic E-state index is 11.2. The molecular weight excluding hydrogens is 244 g/mol. The second-order valence-corrected chi connectivity index (χ2v) is 5.13. The average Bonchev–Trinajstić information content (AvgIpc) is 2.27. The summed E-state index contributed by atoms with van der Waals surface area (Å²) in [6, 6.07) is 4.77. The fourth-order valence-corrected chi connectivity index (χ4v) is 2.58. The van der Waals surface area contributed by atoms with Gasteiger partial charge in [-0.2, -0.15) is 8.42 Å². The van der Waals surface area contributed by atoms with Gasteiger partial charge in [0.15, 0.2) is 11.5 Å². The maximum Gasteiger partial charge on any atom is 0.271 e. The van der Waals surface area contributed by atoms with Gasteiger partial charge in [-0.1, -0.05) is 13.0 Å². The molecule has 0 heterocycles. The highest BCUT2D eigenvalue weighted by atomic mass is 32.2. The molecule has 0 saturated heterocycles. The Morgan fingerprint density at radius 2 is 1.82 bits per heavy atom. The Kier molecular flexibility index (Phi) is 4.36. The summed E-state index contributed by atoms with van der Waals surface area (Å²) in [6.07, 6.45) is 0.286. The fraction of sp³-hybridized carbons (Fsp3) is 0.455. The molecule has 96 valence electrons. The highest BCUT2D eigenvalue weighted by Gasteiger charge is 2.24. The predicted octanol–water partition coefficient (Wildman–Crippen LogP) is 2.04. The summed E-state index contributed by atoms with van der Waals surface area (Å²) >= 11 is 0. The van der Waals surface area contributed by atoms with Gasteiger partial charge in [-0.05, 0) is 24.1 Å². The van der Waals surface area contributed by atoms with Crippen molar-refractivity contribution in [1.29, 1.82) is 0 Å². The first-order chi connectivity index (χ1) is 7.93. The van der Waals surface area contributed by atoms with Gasteiger partial charge in [0, 0.05) is 0 Å². The van der Waals surface area contributed by atoms with Crippen molar-refractivity contribution in [2.45, 2.75) is 18.6 Å². The molecule has 0 aliphatic rings. The fourth-order valence-electron chi connectivity index (χ4n) is 1.67. The van der Waals surface area contributed by atoms with Gasteiger partial charge in [-0.25, -0.2) is 0 Å². The standard InChI is InChI=1S/C11H16O5S/c1-4-11(17(12,13)14)8-5-6-9(15-2)10(7-8)16-3/h5-7,11H,4H2,1-3H3,(H,12,13,14). The van der Waals surface area contributed by atoms with E-state index >= 15 is 0 Å². The van der Waals surface area contributed by atoms with Crippen LogP contribution in [0.5, 0.6) is 11.5 Å². The molecule has 0 aromatic heterocycles. The summed E-state index contributed by atoms with van der Waals surface area (Å²) in [5, 5.41) is -0.942. The molecule has 5 nitrogen and oxygen atoms in total. The van der Waals surface area contributed by atoms with Crippen molar-refractivity contribution >= 4 is 10.1 Å². The molecule has 0 fully saturated rings. The van der Waals surface area contributed by atoms with E-state index in [0.29, 0.717) is 17.1 Å². The van der Waals surface area contributed by atoms with Crippen molar-refractivity contribution in [2.75, 3.05) is 14.2 Å². The number of ether oxygens (including phenoxy) is 2. The van der Waals surface area contributed by atoms with E-state index in [1.165, 1.54) is 14.2 Å². The lowest BCUT2D eigenvalue weighted by Gasteiger charge is -2.14. The lowest BCUT2D eigenvalue weighted by atomic mass is 10.1. The SMILES string of the molecule is CCC(c1ccc(OC)c(OC)c1)S(=O)(=O)O. The van der Waals surface area contributed by atoms with Crippen LogP contribution >= 0.6 is 0 Å². The van der Waals surface area contributed by atoms with Gasteiger partial charge >= 0.3 is 0 Å². The van der Waals surface area contributed by atoms with Crippen molar-refractivity contribution < 1.29 is 22.4 Å². The topological polar surface area (TPSA) is 72.8 Å². The summed E-state index contributed by atoms with van der Waals surface area (Å²) in [5.41, 5.74) is 0.479. The summed E-state index contributed by atoms with van der Waals surface area (Å²) in [7, 11) is -1.14. The van der Waals surface area contributed by atoms with E-state index < -0.39 is 15.4 Å². The van der Waals surface area contributed by atoms with E-state index in [9.17, 15) is 8.42 Å². The number of hydrogen-bond donors (Lipinski definition) is 1. The maximum absolute atomic E-state index is 11.2. The van der Waals surface area contributed by atoms with Crippen LogP contribution in [-0.4, -0.2) is 27.2 Å². The molecule has 17 heavy (non-hydrogen) atoms. The lowest BCUT2D eigenvalue weighted by molar-refractivity contribution is 0.354. The summed E-state index contributed by atoms with van der Waals surface area (Å²) < 4.78 is 41.7. The molecule has 0 spiro atoms. The van der Waals surface area contributed by atoms with Crippen molar-refractivity contribution in [3.63, 3.8) is 0 Å². The van der Waals surface area contributed by atoms with Crippen LogP contribution in [0.1, 0.15) is 24.2 Å². The minimum absolute atomic E-state index is 0.286. The number of hydrogen-bond acceptors (Lipinski definition) is 4. The van der Waals surface area contributed by atoms with Gasteiger partial charge in [-0.15, -0.1) is 0 Å². The van der Waals surface area contributed by atoms with Crippen molar-refractivity contribution in [1.82, 2.24) is 0 Å². The van der Waals surface area contributed by atoms with Crippen molar-refractivity contribution in [3.05, 3.63) is 23.8 Å². The van der Waals surface area contributed by atoms with E-state index in [-0.39, 0.29) is 6.42 Å². The molecule has 0 aliphatic carbocycles. The first-order valence-corrected chi connectivity index (χ1v) is 6.62. The van der Waals surface area contributed by atoms with E-state index in [4.69, 9.17) is 14.0 Å². The minimum Gasteiger partial charge on any atom is -0.493 e. The van der Waals surface area contributed by atoms with E-state index in [0.717, 1.165) is 0 Å². The molecule has 1 atom stereocenters. The van der Waals surface area contributed by atoms with Crippen LogP contribution in [0.2, 0.25) is 0 Å². The Morgan fingerprint density at radius 3 is 2.24 bits per heavy atom. The summed E-state index contributed by atoms with van der Waals surface area (Å²) in [6.45, 7) is 1.69. The molecule has 0 amide bonds. The first kappa shape index (κ1) is 13.8. The molecule has 0 aliphatic heterocycles. The smallest absolute Gasteiger partial charge is 0.271 e. The van der Waals surface area contributed by atoms with Crippen LogP contribution in [0.4, 0.5) is 0 Å². The third-order valence-electron chi connectivity index (χ3n) is 2.51. The second kappa shape index (κ2) is 5.37. The summed E-state index contributed by atoms with van der Waals surface area (Å²) in [4.78, 5) is 0. The molecule has 1 N–H and O–H groups in total. The quantitative estimate of drug-likeness (QED) is 0.820. The minimum atomic E-state index is -4.11. The zero-order chi connectivity index (χ0) is 13.1. The van der Waals surface area contributed by atoms with Crippen LogP contribution in [0, 0.1) is 0 Å². The Bertz CT molecular complexity index is 481.